The molecule has 13 nitrogen and oxygen atoms in total. The van der Waals surface area contributed by atoms with Crippen LogP contribution in [0.5, 0.6) is 5.75 Å². The van der Waals surface area contributed by atoms with Gasteiger partial charge in [0.15, 0.2) is 5.96 Å². The number of nitrogens with zero attached hydrogens (tertiary/aromatic N) is 3. The molecule has 1 aliphatic rings. The summed E-state index contributed by atoms with van der Waals surface area (Å²) in [6.45, 7) is -0.299. The number of nitrogens with two attached hydrogens (primary N) is 2. The van der Waals surface area contributed by atoms with Crippen LogP contribution in [-0.4, -0.2) is 71.3 Å². The lowest BCUT2D eigenvalue weighted by Crippen LogP contribution is -2.41. The molecule has 0 bridgehead atoms. The normalized spacial score (nSPS) is 16.4. The number of aromatic nitrogens is 2. The number of hydrogen-bond acceptors (Lipinski definition) is 10. The van der Waals surface area contributed by atoms with Gasteiger partial charge in [-0.3, -0.25) is 19.1 Å². The van der Waals surface area contributed by atoms with E-state index in [4.69, 9.17) is 11.5 Å². The molecule has 1 aliphatic heterocycles. The standard InChI is InChI=1S/C26H21BrF7N7O6/c27-12-1-10(2-14(5-12)47-26(32,33)34)15(6-19(42)46-23(45)25(29,30)31)20(22(36)44)41-18-4-11(21(35)43)3-17(16(18)9-39-41)40-24-37-7-13(28)8-38-24/h1-5,9,13,15,20H,6-8H2,(H2,35,43)(H2,36,44)(H2,37,38,40)/t15-,20?/m0/s1. The summed E-state index contributed by atoms with van der Waals surface area (Å²) >= 11 is 2.98. The van der Waals surface area contributed by atoms with Crippen molar-refractivity contribution in [1.82, 2.24) is 15.1 Å². The van der Waals surface area contributed by atoms with Gasteiger partial charge in [0.25, 0.3) is 0 Å². The third-order valence-corrected chi connectivity index (χ3v) is 6.97. The molecule has 2 amide bonds. The zero-order chi connectivity index (χ0) is 34.8. The van der Waals surface area contributed by atoms with Gasteiger partial charge in [-0.15, -0.1) is 13.2 Å². The molecule has 0 saturated carbocycles. The Balaban J connectivity index is 1.88. The minimum atomic E-state index is -5.59. The van der Waals surface area contributed by atoms with E-state index >= 15 is 0 Å². The highest BCUT2D eigenvalue weighted by Crippen LogP contribution is 2.39. The maximum atomic E-state index is 13.6. The average molecular weight is 740 g/mol. The number of hydrogen-bond donors (Lipinski definition) is 4. The van der Waals surface area contributed by atoms with Gasteiger partial charge in [-0.05, 0) is 35.9 Å². The molecule has 3 atom stereocenters. The van der Waals surface area contributed by atoms with Gasteiger partial charge in [0, 0.05) is 21.3 Å². The van der Waals surface area contributed by atoms with E-state index in [-0.39, 0.29) is 51.2 Å². The molecule has 252 valence electrons. The van der Waals surface area contributed by atoms with Crippen LogP contribution in [-0.2, 0) is 19.1 Å². The summed E-state index contributed by atoms with van der Waals surface area (Å²) in [5.74, 6) is -9.55. The number of alkyl halides is 7. The first-order valence-electron chi connectivity index (χ1n) is 13.0. The van der Waals surface area contributed by atoms with Gasteiger partial charge in [0.1, 0.15) is 18.0 Å². The van der Waals surface area contributed by atoms with Crippen LogP contribution >= 0.6 is 15.9 Å². The third-order valence-electron chi connectivity index (χ3n) is 6.51. The molecule has 2 heterocycles. The van der Waals surface area contributed by atoms with Crippen LogP contribution in [0.1, 0.15) is 34.3 Å². The average Bonchev–Trinajstić information content (AvgIpc) is 3.35. The fourth-order valence-corrected chi connectivity index (χ4v) is 5.11. The molecule has 2 aromatic carbocycles. The molecular weight excluding hydrogens is 719 g/mol. The van der Waals surface area contributed by atoms with Crippen LogP contribution in [0.4, 0.5) is 36.4 Å². The first kappa shape index (κ1) is 34.9. The van der Waals surface area contributed by atoms with Gasteiger partial charge < -0.3 is 31.6 Å². The lowest BCUT2D eigenvalue weighted by molar-refractivity contribution is -0.274. The number of carbonyl (C=O) groups excluding carboxylic acids is 4. The molecule has 6 N–H and O–H groups in total. The molecule has 47 heavy (non-hydrogen) atoms. The Labute approximate surface area is 266 Å². The largest absolute Gasteiger partial charge is 0.573 e. The maximum absolute atomic E-state index is 13.6. The summed E-state index contributed by atoms with van der Waals surface area (Å²) in [7, 11) is 0. The van der Waals surface area contributed by atoms with Crippen molar-refractivity contribution in [1.29, 1.82) is 0 Å². The summed E-state index contributed by atoms with van der Waals surface area (Å²) in [5.41, 5.74) is 10.7. The lowest BCUT2D eigenvalue weighted by atomic mass is 9.87. The number of ether oxygens (including phenoxy) is 2. The van der Waals surface area contributed by atoms with Crippen LogP contribution in [0.25, 0.3) is 10.9 Å². The molecule has 0 radical (unpaired) electrons. The number of aliphatic imine (C=N–C) groups is 1. The van der Waals surface area contributed by atoms with Crippen molar-refractivity contribution in [3.63, 3.8) is 0 Å². The summed E-state index contributed by atoms with van der Waals surface area (Å²) in [4.78, 5) is 53.2. The number of benzene rings is 2. The van der Waals surface area contributed by atoms with Gasteiger partial charge in [-0.1, -0.05) is 15.9 Å². The summed E-state index contributed by atoms with van der Waals surface area (Å²) in [6.07, 6.45) is -12.1. The Hall–Kier alpha value is -4.95. The maximum Gasteiger partial charge on any atom is 0.573 e. The monoisotopic (exact) mass is 739 g/mol. The van der Waals surface area contributed by atoms with Crippen molar-refractivity contribution >= 4 is 62.2 Å². The Morgan fingerprint density at radius 1 is 1.09 bits per heavy atom. The van der Waals surface area contributed by atoms with Gasteiger partial charge >= 0.3 is 24.5 Å². The van der Waals surface area contributed by atoms with Gasteiger partial charge in [0.05, 0.1) is 36.9 Å². The second kappa shape index (κ2) is 13.4. The number of halogens is 8. The van der Waals surface area contributed by atoms with E-state index in [9.17, 15) is 49.9 Å². The fourth-order valence-electron chi connectivity index (χ4n) is 4.62. The van der Waals surface area contributed by atoms with E-state index in [0.717, 1.165) is 35.1 Å². The van der Waals surface area contributed by atoms with E-state index < -0.39 is 66.6 Å². The van der Waals surface area contributed by atoms with E-state index in [2.05, 4.69) is 46.1 Å². The summed E-state index contributed by atoms with van der Waals surface area (Å²) in [5, 5.41) is 9.79. The van der Waals surface area contributed by atoms with Crippen molar-refractivity contribution in [3.05, 3.63) is 52.1 Å². The quantitative estimate of drug-likeness (QED) is 0.145. The number of amides is 2. The van der Waals surface area contributed by atoms with E-state index in [1.165, 1.54) is 6.07 Å². The number of rotatable bonds is 9. The zero-order valence-electron chi connectivity index (χ0n) is 23.3. The SMILES string of the molecule is NC(=O)c1cc(NC2=NCC(F)CN2)c2cnn(C(C(N)=O)[C@@H](CC(=O)OC(=O)C(F)(F)F)c3cc(Br)cc(OC(F)(F)F)c3)c2c1. The van der Waals surface area contributed by atoms with E-state index in [1.54, 1.807) is 0 Å². The van der Waals surface area contributed by atoms with Gasteiger partial charge in [0.2, 0.25) is 11.8 Å². The number of guanidine groups is 1. The van der Waals surface area contributed by atoms with E-state index in [0.29, 0.717) is 0 Å². The molecule has 0 spiro atoms. The molecule has 21 heteroatoms. The minimum Gasteiger partial charge on any atom is -0.406 e. The Bertz CT molecular complexity index is 1760. The number of nitrogens with one attached hydrogen (secondary N) is 2. The number of esters is 2. The fraction of sp³-hybridized carbons (Fsp3) is 0.308. The van der Waals surface area contributed by atoms with Crippen molar-refractivity contribution in [2.45, 2.75) is 37.1 Å². The highest BCUT2D eigenvalue weighted by molar-refractivity contribution is 9.10. The summed E-state index contributed by atoms with van der Waals surface area (Å²) in [6, 6.07) is 3.24. The Morgan fingerprint density at radius 2 is 1.79 bits per heavy atom. The molecule has 1 aromatic heterocycles. The predicted molar refractivity (Wildman–Crippen MR) is 151 cm³/mol. The Morgan fingerprint density at radius 3 is 2.36 bits per heavy atom. The molecule has 0 aliphatic carbocycles. The van der Waals surface area contributed by atoms with Crippen molar-refractivity contribution in [3.8, 4) is 5.75 Å². The Kier molecular flexibility index (Phi) is 9.97. The van der Waals surface area contributed by atoms with Gasteiger partial charge in [-0.25, -0.2) is 14.2 Å². The molecule has 3 aromatic rings. The van der Waals surface area contributed by atoms with E-state index in [1.807, 2.05) is 0 Å². The van der Waals surface area contributed by atoms with Crippen molar-refractivity contribution < 1.29 is 59.4 Å². The van der Waals surface area contributed by atoms with Crippen LogP contribution < -0.4 is 26.8 Å². The van der Waals surface area contributed by atoms with Crippen LogP contribution in [0.3, 0.4) is 0 Å². The molecule has 0 fully saturated rings. The molecule has 2 unspecified atom stereocenters. The van der Waals surface area contributed by atoms with Gasteiger partial charge in [-0.2, -0.15) is 18.3 Å². The molecule has 4 rings (SSSR count). The topological polar surface area (TPSA) is 193 Å². The molecule has 0 saturated heterocycles. The second-order valence-corrected chi connectivity index (χ2v) is 10.8. The predicted octanol–water partition coefficient (Wildman–Crippen LogP) is 3.34. The number of fused-ring (bicyclic) bond motifs is 1. The van der Waals surface area contributed by atoms with Crippen molar-refractivity contribution in [2.75, 3.05) is 18.4 Å². The zero-order valence-corrected chi connectivity index (χ0v) is 24.9. The smallest absolute Gasteiger partial charge is 0.406 e. The lowest BCUT2D eigenvalue weighted by Gasteiger charge is -2.26. The number of primary amides is 2. The minimum absolute atomic E-state index is 0.0844. The van der Waals surface area contributed by atoms with Crippen molar-refractivity contribution in [2.24, 2.45) is 16.5 Å². The summed E-state index contributed by atoms with van der Waals surface area (Å²) < 4.78 is 99.8. The highest BCUT2D eigenvalue weighted by atomic mass is 79.9. The number of carbonyl (C=O) groups is 4. The molecular formula is C26H21BrF7N7O6. The number of anilines is 1. The second-order valence-electron chi connectivity index (χ2n) is 9.89. The van der Waals surface area contributed by atoms with Crippen LogP contribution in [0, 0.1) is 0 Å². The third kappa shape index (κ3) is 8.65. The highest BCUT2D eigenvalue weighted by Gasteiger charge is 2.43. The van der Waals surface area contributed by atoms with Crippen LogP contribution in [0.15, 0.2) is 46.0 Å². The first-order chi connectivity index (χ1) is 21.8. The first-order valence-corrected chi connectivity index (χ1v) is 13.8. The van der Waals surface area contributed by atoms with Crippen LogP contribution in [0.2, 0.25) is 0 Å².